The SMILES string of the molecule is O=c1c2c(ncn2Cc2ccccc2F)n(-c2ccc(F)cc2)c(=O)n1CC1CCCO1. The van der Waals surface area contributed by atoms with Crippen LogP contribution in [0.2, 0.25) is 0 Å². The Balaban J connectivity index is 1.73. The lowest BCUT2D eigenvalue weighted by molar-refractivity contribution is 0.0950. The Hall–Kier alpha value is -3.59. The second kappa shape index (κ2) is 8.16. The van der Waals surface area contributed by atoms with E-state index < -0.39 is 22.9 Å². The van der Waals surface area contributed by atoms with Crippen molar-refractivity contribution in [3.8, 4) is 5.69 Å². The van der Waals surface area contributed by atoms with E-state index in [1.807, 2.05) is 0 Å². The largest absolute Gasteiger partial charge is 0.376 e. The third kappa shape index (κ3) is 3.54. The maximum Gasteiger partial charge on any atom is 0.337 e. The van der Waals surface area contributed by atoms with E-state index in [1.165, 1.54) is 45.8 Å². The molecular formula is C23H20F2N4O3. The summed E-state index contributed by atoms with van der Waals surface area (Å²) in [5.41, 5.74) is -0.0507. The Morgan fingerprint density at radius 2 is 1.84 bits per heavy atom. The summed E-state index contributed by atoms with van der Waals surface area (Å²) < 4.78 is 37.3. The highest BCUT2D eigenvalue weighted by atomic mass is 19.1. The highest BCUT2D eigenvalue weighted by Gasteiger charge is 2.23. The van der Waals surface area contributed by atoms with Crippen LogP contribution in [0.4, 0.5) is 8.78 Å². The van der Waals surface area contributed by atoms with Gasteiger partial charge in [-0.3, -0.25) is 9.36 Å². The van der Waals surface area contributed by atoms with Gasteiger partial charge in [0, 0.05) is 12.2 Å². The number of hydrogen-bond acceptors (Lipinski definition) is 4. The van der Waals surface area contributed by atoms with Crippen molar-refractivity contribution in [1.29, 1.82) is 0 Å². The lowest BCUT2D eigenvalue weighted by Crippen LogP contribution is -2.42. The van der Waals surface area contributed by atoms with Crippen molar-refractivity contribution in [3.63, 3.8) is 0 Å². The van der Waals surface area contributed by atoms with Crippen molar-refractivity contribution in [3.05, 3.63) is 92.9 Å². The zero-order valence-electron chi connectivity index (χ0n) is 17.1. The fraction of sp³-hybridized carbons (Fsp3) is 0.261. The molecule has 32 heavy (non-hydrogen) atoms. The van der Waals surface area contributed by atoms with E-state index in [9.17, 15) is 18.4 Å². The molecule has 0 spiro atoms. The molecule has 0 N–H and O–H groups in total. The van der Waals surface area contributed by atoms with Crippen LogP contribution in [0.25, 0.3) is 16.9 Å². The maximum atomic E-state index is 14.3. The maximum absolute atomic E-state index is 14.3. The van der Waals surface area contributed by atoms with Crippen LogP contribution in [0.15, 0.2) is 64.4 Å². The van der Waals surface area contributed by atoms with Gasteiger partial charge in [-0.15, -0.1) is 0 Å². The Labute approximate surface area is 181 Å². The first-order valence-corrected chi connectivity index (χ1v) is 10.3. The van der Waals surface area contributed by atoms with Gasteiger partial charge in [-0.2, -0.15) is 0 Å². The third-order valence-corrected chi connectivity index (χ3v) is 5.69. The molecule has 1 unspecified atom stereocenters. The molecule has 5 rings (SSSR count). The summed E-state index contributed by atoms with van der Waals surface area (Å²) in [5, 5.41) is 0. The minimum Gasteiger partial charge on any atom is -0.376 e. The van der Waals surface area contributed by atoms with Crippen molar-refractivity contribution in [2.75, 3.05) is 6.61 Å². The molecular weight excluding hydrogens is 418 g/mol. The van der Waals surface area contributed by atoms with Gasteiger partial charge in [0.25, 0.3) is 5.56 Å². The molecule has 0 radical (unpaired) electrons. The van der Waals surface area contributed by atoms with Crippen molar-refractivity contribution in [2.24, 2.45) is 0 Å². The summed E-state index contributed by atoms with van der Waals surface area (Å²) in [6.45, 7) is 0.749. The molecule has 1 aliphatic rings. The predicted molar refractivity (Wildman–Crippen MR) is 114 cm³/mol. The van der Waals surface area contributed by atoms with Crippen LogP contribution in [0.1, 0.15) is 18.4 Å². The van der Waals surface area contributed by atoms with Crippen molar-refractivity contribution in [1.82, 2.24) is 18.7 Å². The van der Waals surface area contributed by atoms with Crippen LogP contribution >= 0.6 is 0 Å². The van der Waals surface area contributed by atoms with E-state index in [2.05, 4.69) is 4.98 Å². The van der Waals surface area contributed by atoms with E-state index in [4.69, 9.17) is 4.74 Å². The molecule has 2 aromatic carbocycles. The summed E-state index contributed by atoms with van der Waals surface area (Å²) in [5.74, 6) is -0.850. The predicted octanol–water partition coefficient (Wildman–Crippen LogP) is 2.85. The average Bonchev–Trinajstić information content (AvgIpc) is 3.44. The van der Waals surface area contributed by atoms with Gasteiger partial charge in [0.1, 0.15) is 11.6 Å². The van der Waals surface area contributed by atoms with E-state index in [0.29, 0.717) is 17.9 Å². The first kappa shape index (κ1) is 20.3. The Bertz CT molecular complexity index is 1400. The summed E-state index contributed by atoms with van der Waals surface area (Å²) in [4.78, 5) is 31.1. The molecule has 1 atom stereocenters. The Morgan fingerprint density at radius 3 is 2.56 bits per heavy atom. The van der Waals surface area contributed by atoms with Gasteiger partial charge in [-0.1, -0.05) is 18.2 Å². The summed E-state index contributed by atoms with van der Waals surface area (Å²) in [7, 11) is 0. The average molecular weight is 438 g/mol. The molecule has 1 saturated heterocycles. The minimum absolute atomic E-state index is 0.0694. The third-order valence-electron chi connectivity index (χ3n) is 5.69. The second-order valence-corrected chi connectivity index (χ2v) is 7.78. The fourth-order valence-electron chi connectivity index (χ4n) is 4.09. The molecule has 9 heteroatoms. The van der Waals surface area contributed by atoms with Gasteiger partial charge in [0.15, 0.2) is 11.2 Å². The monoisotopic (exact) mass is 438 g/mol. The molecule has 1 fully saturated rings. The number of halogens is 2. The molecule has 164 valence electrons. The van der Waals surface area contributed by atoms with Crippen LogP contribution in [0.5, 0.6) is 0 Å². The van der Waals surface area contributed by atoms with E-state index in [-0.39, 0.29) is 30.4 Å². The lowest BCUT2D eigenvalue weighted by Gasteiger charge is -2.15. The van der Waals surface area contributed by atoms with Crippen molar-refractivity contribution >= 4 is 11.2 Å². The van der Waals surface area contributed by atoms with Gasteiger partial charge >= 0.3 is 5.69 Å². The lowest BCUT2D eigenvalue weighted by atomic mass is 10.2. The summed E-state index contributed by atoms with van der Waals surface area (Å²) >= 11 is 0. The topological polar surface area (TPSA) is 71.0 Å². The van der Waals surface area contributed by atoms with Crippen molar-refractivity contribution < 1.29 is 13.5 Å². The van der Waals surface area contributed by atoms with Gasteiger partial charge in [-0.05, 0) is 43.2 Å². The molecule has 2 aromatic heterocycles. The van der Waals surface area contributed by atoms with E-state index >= 15 is 0 Å². The van der Waals surface area contributed by atoms with E-state index in [0.717, 1.165) is 17.4 Å². The van der Waals surface area contributed by atoms with Crippen molar-refractivity contribution in [2.45, 2.75) is 32.0 Å². The number of ether oxygens (including phenoxy) is 1. The fourth-order valence-corrected chi connectivity index (χ4v) is 4.09. The number of aromatic nitrogens is 4. The molecule has 7 nitrogen and oxygen atoms in total. The molecule has 0 amide bonds. The quantitative estimate of drug-likeness (QED) is 0.481. The first-order chi connectivity index (χ1) is 15.5. The van der Waals surface area contributed by atoms with E-state index in [1.54, 1.807) is 18.2 Å². The number of imidazole rings is 1. The number of nitrogens with zero attached hydrogens (tertiary/aromatic N) is 4. The van der Waals surface area contributed by atoms with Crippen LogP contribution in [0, 0.1) is 11.6 Å². The Kier molecular flexibility index (Phi) is 5.18. The summed E-state index contributed by atoms with van der Waals surface area (Å²) in [6, 6.07) is 11.6. The normalized spacial score (nSPS) is 16.1. The van der Waals surface area contributed by atoms with Gasteiger partial charge in [0.2, 0.25) is 0 Å². The van der Waals surface area contributed by atoms with Gasteiger partial charge in [-0.25, -0.2) is 23.1 Å². The minimum atomic E-state index is -0.583. The first-order valence-electron chi connectivity index (χ1n) is 10.3. The summed E-state index contributed by atoms with van der Waals surface area (Å²) in [6.07, 6.45) is 2.77. The number of hydrogen-bond donors (Lipinski definition) is 0. The molecule has 1 aliphatic heterocycles. The van der Waals surface area contributed by atoms with Crippen LogP contribution in [0.3, 0.4) is 0 Å². The smallest absolute Gasteiger partial charge is 0.337 e. The van der Waals surface area contributed by atoms with Crippen LogP contribution < -0.4 is 11.2 Å². The number of rotatable bonds is 5. The molecule has 0 saturated carbocycles. The van der Waals surface area contributed by atoms with Crippen LogP contribution in [-0.2, 0) is 17.8 Å². The number of benzene rings is 2. The highest BCUT2D eigenvalue weighted by molar-refractivity contribution is 5.72. The van der Waals surface area contributed by atoms with Gasteiger partial charge < -0.3 is 9.30 Å². The zero-order valence-corrected chi connectivity index (χ0v) is 17.1. The van der Waals surface area contributed by atoms with Gasteiger partial charge in [0.05, 0.1) is 31.2 Å². The second-order valence-electron chi connectivity index (χ2n) is 7.78. The highest BCUT2D eigenvalue weighted by Crippen LogP contribution is 2.18. The standard InChI is InChI=1S/C23H20F2N4O3/c24-16-7-9-17(10-8-16)29-21-20(22(30)28(23(29)31)13-18-5-3-11-32-18)27(14-26-21)12-15-4-1-2-6-19(15)25/h1-2,4,6-10,14,18H,3,5,11-13H2. The molecule has 0 bridgehead atoms. The zero-order chi connectivity index (χ0) is 22.2. The molecule has 3 heterocycles. The Morgan fingerprint density at radius 1 is 1.06 bits per heavy atom. The molecule has 4 aromatic rings. The molecule has 0 aliphatic carbocycles. The number of fused-ring (bicyclic) bond motifs is 1. The van der Waals surface area contributed by atoms with Crippen LogP contribution in [-0.4, -0.2) is 31.4 Å².